The number of aromatic nitrogens is 2. The molecule has 3 aromatic rings. The molecule has 0 atom stereocenters. The lowest BCUT2D eigenvalue weighted by Gasteiger charge is -2.07. The Morgan fingerprint density at radius 3 is 2.26 bits per heavy atom. The number of ether oxygens (including phenoxy) is 2. The van der Waals surface area contributed by atoms with Crippen LogP contribution in [-0.2, 0) is 9.47 Å². The molecular weight excluding hydrogens is 368 g/mol. The Morgan fingerprint density at radius 2 is 1.67 bits per heavy atom. The number of methoxy groups -OCH3 is 2. The Labute approximate surface area is 161 Å². The average molecular weight is 385 g/mol. The van der Waals surface area contributed by atoms with E-state index in [2.05, 4.69) is 5.10 Å². The number of halogens is 1. The van der Waals surface area contributed by atoms with Crippen LogP contribution < -0.4 is 0 Å². The second-order valence-electron chi connectivity index (χ2n) is 5.77. The first-order valence-electron chi connectivity index (χ1n) is 8.09. The summed E-state index contributed by atoms with van der Waals surface area (Å²) in [4.78, 5) is 25.0. The molecule has 0 radical (unpaired) electrons. The molecule has 0 fully saturated rings. The van der Waals surface area contributed by atoms with Gasteiger partial charge in [0.05, 0.1) is 19.9 Å². The van der Waals surface area contributed by atoms with E-state index in [1.807, 2.05) is 19.1 Å². The Hall–Kier alpha value is -3.12. The van der Waals surface area contributed by atoms with Gasteiger partial charge in [0.2, 0.25) is 0 Å². The van der Waals surface area contributed by atoms with Crippen LogP contribution in [-0.4, -0.2) is 35.9 Å². The number of benzene rings is 2. The molecule has 0 bridgehead atoms. The molecule has 0 amide bonds. The molecule has 6 nitrogen and oxygen atoms in total. The lowest BCUT2D eigenvalue weighted by Crippen LogP contribution is -2.15. The molecular formula is C20H17ClN2O4. The summed E-state index contributed by atoms with van der Waals surface area (Å²) >= 11 is 6.24. The number of para-hydroxylation sites is 1. The van der Waals surface area contributed by atoms with Crippen LogP contribution in [0.2, 0.25) is 5.02 Å². The lowest BCUT2D eigenvalue weighted by molar-refractivity contribution is 0.0549. The highest BCUT2D eigenvalue weighted by atomic mass is 35.5. The molecule has 0 saturated heterocycles. The minimum atomic E-state index is -0.698. The van der Waals surface area contributed by atoms with Crippen LogP contribution in [0.15, 0.2) is 48.5 Å². The second kappa shape index (κ2) is 7.63. The van der Waals surface area contributed by atoms with E-state index >= 15 is 0 Å². The smallest absolute Gasteiger partial charge is 0.357 e. The van der Waals surface area contributed by atoms with Gasteiger partial charge in [0.15, 0.2) is 5.69 Å². The normalized spacial score (nSPS) is 10.5. The Bertz CT molecular complexity index is 1010. The predicted molar refractivity (Wildman–Crippen MR) is 101 cm³/mol. The summed E-state index contributed by atoms with van der Waals surface area (Å²) in [5, 5.41) is 5.04. The largest absolute Gasteiger partial charge is 0.465 e. The van der Waals surface area contributed by atoms with Gasteiger partial charge in [-0.3, -0.25) is 0 Å². The first kappa shape index (κ1) is 18.7. The monoisotopic (exact) mass is 384 g/mol. The quantitative estimate of drug-likeness (QED) is 0.634. The van der Waals surface area contributed by atoms with Crippen LogP contribution in [0.25, 0.3) is 16.9 Å². The minimum absolute atomic E-state index is 0.0118. The number of esters is 2. The third kappa shape index (κ3) is 3.44. The van der Waals surface area contributed by atoms with Crippen molar-refractivity contribution in [1.29, 1.82) is 0 Å². The fourth-order valence-corrected chi connectivity index (χ4v) is 2.88. The molecule has 0 unspecified atom stereocenters. The highest BCUT2D eigenvalue weighted by Gasteiger charge is 2.31. The van der Waals surface area contributed by atoms with Crippen molar-refractivity contribution in [3.05, 3.63) is 70.4 Å². The van der Waals surface area contributed by atoms with Gasteiger partial charge in [-0.25, -0.2) is 14.3 Å². The molecule has 0 aliphatic carbocycles. The fourth-order valence-electron chi connectivity index (χ4n) is 2.70. The SMILES string of the molecule is COC(=O)c1c(-c2ccc(C)c(Cl)c2)nn(-c2ccccc2)c1C(=O)OC. The third-order valence-corrected chi connectivity index (χ3v) is 4.51. The van der Waals surface area contributed by atoms with Gasteiger partial charge < -0.3 is 9.47 Å². The van der Waals surface area contributed by atoms with Gasteiger partial charge in [0, 0.05) is 10.6 Å². The zero-order valence-corrected chi connectivity index (χ0v) is 15.8. The van der Waals surface area contributed by atoms with Gasteiger partial charge >= 0.3 is 11.9 Å². The van der Waals surface area contributed by atoms with Crippen molar-refractivity contribution in [3.63, 3.8) is 0 Å². The standard InChI is InChI=1S/C20H17ClN2O4/c1-12-9-10-13(11-15(12)21)17-16(19(24)26-2)18(20(25)27-3)23(22-17)14-7-5-4-6-8-14/h4-11H,1-3H3. The van der Waals surface area contributed by atoms with E-state index in [1.54, 1.807) is 36.4 Å². The first-order chi connectivity index (χ1) is 13.0. The van der Waals surface area contributed by atoms with E-state index in [9.17, 15) is 9.59 Å². The van der Waals surface area contributed by atoms with Gasteiger partial charge in [-0.2, -0.15) is 5.10 Å². The summed E-state index contributed by atoms with van der Waals surface area (Å²) in [6, 6.07) is 14.3. The topological polar surface area (TPSA) is 70.4 Å². The summed E-state index contributed by atoms with van der Waals surface area (Å²) in [7, 11) is 2.49. The lowest BCUT2D eigenvalue weighted by atomic mass is 10.0. The summed E-state index contributed by atoms with van der Waals surface area (Å²) in [6.45, 7) is 1.87. The first-order valence-corrected chi connectivity index (χ1v) is 8.47. The fraction of sp³-hybridized carbons (Fsp3) is 0.150. The molecule has 27 heavy (non-hydrogen) atoms. The average Bonchev–Trinajstić information content (AvgIpc) is 3.10. The highest BCUT2D eigenvalue weighted by Crippen LogP contribution is 2.31. The molecule has 0 N–H and O–H groups in total. The highest BCUT2D eigenvalue weighted by molar-refractivity contribution is 6.31. The molecule has 7 heteroatoms. The molecule has 0 spiro atoms. The van der Waals surface area contributed by atoms with Crippen molar-refractivity contribution in [3.8, 4) is 16.9 Å². The van der Waals surface area contributed by atoms with Gasteiger partial charge in [-0.15, -0.1) is 0 Å². The maximum Gasteiger partial charge on any atom is 0.357 e. The van der Waals surface area contributed by atoms with Crippen molar-refractivity contribution >= 4 is 23.5 Å². The Morgan fingerprint density at radius 1 is 1.00 bits per heavy atom. The zero-order valence-electron chi connectivity index (χ0n) is 15.0. The number of aryl methyl sites for hydroxylation is 1. The van der Waals surface area contributed by atoms with Crippen molar-refractivity contribution in [2.75, 3.05) is 14.2 Å². The predicted octanol–water partition coefficient (Wildman–Crippen LogP) is 4.07. The minimum Gasteiger partial charge on any atom is -0.465 e. The van der Waals surface area contributed by atoms with Crippen LogP contribution >= 0.6 is 11.6 Å². The van der Waals surface area contributed by atoms with Crippen LogP contribution in [0.5, 0.6) is 0 Å². The number of rotatable bonds is 4. The van der Waals surface area contributed by atoms with Crippen LogP contribution in [0, 0.1) is 6.92 Å². The number of hydrogen-bond acceptors (Lipinski definition) is 5. The van der Waals surface area contributed by atoms with Crippen molar-refractivity contribution in [2.45, 2.75) is 6.92 Å². The van der Waals surface area contributed by atoms with Crippen molar-refractivity contribution in [2.24, 2.45) is 0 Å². The van der Waals surface area contributed by atoms with E-state index in [4.69, 9.17) is 21.1 Å². The molecule has 0 aliphatic heterocycles. The summed E-state index contributed by atoms with van der Waals surface area (Å²) in [5.41, 5.74) is 2.37. The van der Waals surface area contributed by atoms with Gasteiger partial charge in [0.25, 0.3) is 0 Å². The van der Waals surface area contributed by atoms with Crippen LogP contribution in [0.3, 0.4) is 0 Å². The summed E-state index contributed by atoms with van der Waals surface area (Å²) in [5.74, 6) is -1.39. The second-order valence-corrected chi connectivity index (χ2v) is 6.17. The maximum atomic E-state index is 12.5. The van der Waals surface area contributed by atoms with Crippen molar-refractivity contribution < 1.29 is 19.1 Å². The molecule has 0 saturated carbocycles. The Kier molecular flexibility index (Phi) is 5.28. The van der Waals surface area contributed by atoms with Crippen LogP contribution in [0.1, 0.15) is 26.4 Å². The van der Waals surface area contributed by atoms with E-state index in [0.717, 1.165) is 5.56 Å². The summed E-state index contributed by atoms with van der Waals surface area (Å²) in [6.07, 6.45) is 0. The van der Waals surface area contributed by atoms with E-state index < -0.39 is 11.9 Å². The molecule has 1 aromatic heterocycles. The van der Waals surface area contributed by atoms with Crippen LogP contribution in [0.4, 0.5) is 0 Å². The Balaban J connectivity index is 2.36. The van der Waals surface area contributed by atoms with E-state index in [1.165, 1.54) is 18.9 Å². The van der Waals surface area contributed by atoms with E-state index in [0.29, 0.717) is 16.3 Å². The third-order valence-electron chi connectivity index (χ3n) is 4.10. The zero-order chi connectivity index (χ0) is 19.6. The number of hydrogen-bond donors (Lipinski definition) is 0. The van der Waals surface area contributed by atoms with Gasteiger partial charge in [-0.1, -0.05) is 41.9 Å². The molecule has 2 aromatic carbocycles. The molecule has 0 aliphatic rings. The van der Waals surface area contributed by atoms with Crippen molar-refractivity contribution in [1.82, 2.24) is 9.78 Å². The molecule has 3 rings (SSSR count). The number of nitrogens with zero attached hydrogens (tertiary/aromatic N) is 2. The van der Waals surface area contributed by atoms with E-state index in [-0.39, 0.29) is 17.0 Å². The number of carbonyl (C=O) groups excluding carboxylic acids is 2. The molecule has 138 valence electrons. The number of carbonyl (C=O) groups is 2. The molecule has 1 heterocycles. The van der Waals surface area contributed by atoms with Gasteiger partial charge in [0.1, 0.15) is 11.3 Å². The van der Waals surface area contributed by atoms with Gasteiger partial charge in [-0.05, 0) is 30.7 Å². The maximum absolute atomic E-state index is 12.5. The summed E-state index contributed by atoms with van der Waals surface area (Å²) < 4.78 is 11.2.